The number of anilines is 2. The molecule has 19 heavy (non-hydrogen) atoms. The molecule has 10 nitrogen and oxygen atoms in total. The fourth-order valence-corrected chi connectivity index (χ4v) is 1.33. The number of ether oxygens (including phenoxy) is 1. The minimum atomic E-state index is -0.611. The largest absolute Gasteiger partial charge is 0.394 e. The molecule has 0 aliphatic carbocycles. The SMILES string of the molecule is NNc1ncnc(NCCCOCCO)c1[N+](=O)[O-]. The molecule has 5 N–H and O–H groups in total. The second-order valence-corrected chi connectivity index (χ2v) is 3.44. The Morgan fingerprint density at radius 3 is 2.79 bits per heavy atom. The molecule has 0 unspecified atom stereocenters. The lowest BCUT2D eigenvalue weighted by molar-refractivity contribution is -0.383. The van der Waals surface area contributed by atoms with Gasteiger partial charge in [-0.2, -0.15) is 0 Å². The Bertz CT molecular complexity index is 416. The van der Waals surface area contributed by atoms with Crippen LogP contribution in [0.5, 0.6) is 0 Å². The molecule has 0 spiro atoms. The molecular weight excluding hydrogens is 256 g/mol. The highest BCUT2D eigenvalue weighted by molar-refractivity contribution is 5.68. The summed E-state index contributed by atoms with van der Waals surface area (Å²) in [4.78, 5) is 17.8. The molecular formula is C9H16N6O4. The van der Waals surface area contributed by atoms with Crippen molar-refractivity contribution in [2.75, 3.05) is 37.1 Å². The number of hydrogen-bond donors (Lipinski definition) is 4. The van der Waals surface area contributed by atoms with Gasteiger partial charge in [0, 0.05) is 13.2 Å². The Morgan fingerprint density at radius 2 is 2.16 bits per heavy atom. The summed E-state index contributed by atoms with van der Waals surface area (Å²) in [5.41, 5.74) is 1.85. The highest BCUT2D eigenvalue weighted by atomic mass is 16.6. The van der Waals surface area contributed by atoms with Crippen LogP contribution in [0, 0.1) is 10.1 Å². The van der Waals surface area contributed by atoms with Gasteiger partial charge in [-0.1, -0.05) is 0 Å². The number of aliphatic hydroxyl groups is 1. The van der Waals surface area contributed by atoms with Gasteiger partial charge in [-0.3, -0.25) is 10.1 Å². The molecule has 1 aromatic rings. The first-order chi connectivity index (χ1) is 9.20. The van der Waals surface area contributed by atoms with E-state index in [1.54, 1.807) is 0 Å². The minimum Gasteiger partial charge on any atom is -0.394 e. The fourth-order valence-electron chi connectivity index (χ4n) is 1.33. The Hall–Kier alpha value is -2.04. The van der Waals surface area contributed by atoms with Crippen molar-refractivity contribution in [2.24, 2.45) is 5.84 Å². The zero-order valence-electron chi connectivity index (χ0n) is 10.2. The third-order valence-corrected chi connectivity index (χ3v) is 2.14. The molecule has 0 bridgehead atoms. The van der Waals surface area contributed by atoms with Crippen molar-refractivity contribution in [2.45, 2.75) is 6.42 Å². The molecule has 106 valence electrons. The second kappa shape index (κ2) is 8.13. The lowest BCUT2D eigenvalue weighted by Crippen LogP contribution is -2.14. The highest BCUT2D eigenvalue weighted by Gasteiger charge is 2.21. The number of nitro groups is 1. The van der Waals surface area contributed by atoms with Gasteiger partial charge in [0.15, 0.2) is 0 Å². The van der Waals surface area contributed by atoms with Crippen molar-refractivity contribution in [1.29, 1.82) is 0 Å². The first-order valence-electron chi connectivity index (χ1n) is 5.59. The predicted octanol–water partition coefficient (Wildman–Crippen LogP) is -0.519. The van der Waals surface area contributed by atoms with Crippen molar-refractivity contribution in [3.05, 3.63) is 16.4 Å². The topological polar surface area (TPSA) is 148 Å². The number of aliphatic hydroxyl groups excluding tert-OH is 1. The molecule has 1 rings (SSSR count). The van der Waals surface area contributed by atoms with Crippen LogP contribution in [-0.2, 0) is 4.74 Å². The van der Waals surface area contributed by atoms with E-state index in [1.165, 1.54) is 6.33 Å². The zero-order chi connectivity index (χ0) is 14.1. The molecule has 0 atom stereocenters. The van der Waals surface area contributed by atoms with E-state index >= 15 is 0 Å². The van der Waals surface area contributed by atoms with E-state index in [1.807, 2.05) is 0 Å². The van der Waals surface area contributed by atoms with E-state index in [2.05, 4.69) is 20.7 Å². The van der Waals surface area contributed by atoms with Crippen molar-refractivity contribution < 1.29 is 14.8 Å². The number of hydrogen-bond acceptors (Lipinski definition) is 9. The van der Waals surface area contributed by atoms with Crippen LogP contribution < -0.4 is 16.6 Å². The van der Waals surface area contributed by atoms with Gasteiger partial charge in [-0.15, -0.1) is 0 Å². The third kappa shape index (κ3) is 4.62. The maximum atomic E-state index is 10.9. The molecule has 1 aromatic heterocycles. The summed E-state index contributed by atoms with van der Waals surface area (Å²) in [7, 11) is 0. The van der Waals surface area contributed by atoms with Crippen LogP contribution in [-0.4, -0.2) is 46.4 Å². The summed E-state index contributed by atoms with van der Waals surface area (Å²) in [6, 6.07) is 0. The van der Waals surface area contributed by atoms with Gasteiger partial charge in [0.05, 0.1) is 18.1 Å². The maximum Gasteiger partial charge on any atom is 0.354 e. The Morgan fingerprint density at radius 1 is 1.42 bits per heavy atom. The summed E-state index contributed by atoms with van der Waals surface area (Å²) in [6.45, 7) is 1.12. The van der Waals surface area contributed by atoms with E-state index in [4.69, 9.17) is 15.7 Å². The number of nitrogen functional groups attached to an aromatic ring is 1. The monoisotopic (exact) mass is 272 g/mol. The molecule has 1 heterocycles. The predicted molar refractivity (Wildman–Crippen MR) is 67.5 cm³/mol. The smallest absolute Gasteiger partial charge is 0.354 e. The quantitative estimate of drug-likeness (QED) is 0.201. The average Bonchev–Trinajstić information content (AvgIpc) is 2.42. The Kier molecular flexibility index (Phi) is 6.43. The van der Waals surface area contributed by atoms with E-state index in [9.17, 15) is 10.1 Å². The van der Waals surface area contributed by atoms with E-state index in [-0.39, 0.29) is 30.5 Å². The maximum absolute atomic E-state index is 10.9. The van der Waals surface area contributed by atoms with Gasteiger partial charge in [-0.05, 0) is 6.42 Å². The number of aromatic nitrogens is 2. The normalized spacial score (nSPS) is 10.2. The van der Waals surface area contributed by atoms with Crippen molar-refractivity contribution in [3.8, 4) is 0 Å². The number of rotatable bonds is 9. The molecule has 10 heteroatoms. The molecule has 0 fully saturated rings. The van der Waals surface area contributed by atoms with Crippen molar-refractivity contribution in [1.82, 2.24) is 9.97 Å². The highest BCUT2D eigenvalue weighted by Crippen LogP contribution is 2.27. The van der Waals surface area contributed by atoms with Crippen LogP contribution in [0.15, 0.2) is 6.33 Å². The van der Waals surface area contributed by atoms with E-state index in [0.29, 0.717) is 19.6 Å². The number of hydrazine groups is 1. The van der Waals surface area contributed by atoms with E-state index in [0.717, 1.165) is 0 Å². The number of nitrogens with two attached hydrogens (primary N) is 1. The third-order valence-electron chi connectivity index (χ3n) is 2.14. The van der Waals surface area contributed by atoms with Crippen LogP contribution in [0.2, 0.25) is 0 Å². The second-order valence-electron chi connectivity index (χ2n) is 3.44. The fraction of sp³-hybridized carbons (Fsp3) is 0.556. The molecule has 0 aliphatic heterocycles. The summed E-state index contributed by atoms with van der Waals surface area (Å²) in [5, 5.41) is 22.2. The van der Waals surface area contributed by atoms with Crippen LogP contribution >= 0.6 is 0 Å². The molecule has 0 saturated heterocycles. The van der Waals surface area contributed by atoms with Gasteiger partial charge in [0.1, 0.15) is 6.33 Å². The average molecular weight is 272 g/mol. The van der Waals surface area contributed by atoms with Gasteiger partial charge in [0.25, 0.3) is 0 Å². The van der Waals surface area contributed by atoms with Crippen molar-refractivity contribution in [3.63, 3.8) is 0 Å². The Labute approximate surface area is 109 Å². The number of nitrogens with one attached hydrogen (secondary N) is 2. The van der Waals surface area contributed by atoms with Gasteiger partial charge in [-0.25, -0.2) is 15.8 Å². The first-order valence-corrected chi connectivity index (χ1v) is 5.59. The van der Waals surface area contributed by atoms with Crippen LogP contribution in [0.4, 0.5) is 17.3 Å². The molecule has 0 radical (unpaired) electrons. The molecule has 0 saturated carbocycles. The summed E-state index contributed by atoms with van der Waals surface area (Å²) in [5.74, 6) is 5.19. The van der Waals surface area contributed by atoms with Gasteiger partial charge < -0.3 is 20.6 Å². The molecule has 0 aromatic carbocycles. The van der Waals surface area contributed by atoms with E-state index < -0.39 is 4.92 Å². The van der Waals surface area contributed by atoms with Crippen LogP contribution in [0.3, 0.4) is 0 Å². The summed E-state index contributed by atoms with van der Waals surface area (Å²) >= 11 is 0. The first kappa shape index (κ1) is 15.0. The lowest BCUT2D eigenvalue weighted by atomic mass is 10.4. The number of nitrogens with zero attached hydrogens (tertiary/aromatic N) is 3. The molecule has 0 aliphatic rings. The van der Waals surface area contributed by atoms with Gasteiger partial charge in [0.2, 0.25) is 11.6 Å². The summed E-state index contributed by atoms with van der Waals surface area (Å²) in [6.07, 6.45) is 1.79. The van der Waals surface area contributed by atoms with Crippen LogP contribution in [0.1, 0.15) is 6.42 Å². The van der Waals surface area contributed by atoms with Crippen molar-refractivity contribution >= 4 is 17.3 Å². The lowest BCUT2D eigenvalue weighted by Gasteiger charge is -2.08. The standard InChI is InChI=1S/C9H16N6O4/c10-14-9-7(15(17)18)8(12-6-13-9)11-2-1-4-19-5-3-16/h6,16H,1-5,10H2,(H2,11,12,13,14). The zero-order valence-corrected chi connectivity index (χ0v) is 10.2. The van der Waals surface area contributed by atoms with Gasteiger partial charge >= 0.3 is 5.69 Å². The Balaban J connectivity index is 2.55. The molecule has 0 amide bonds. The summed E-state index contributed by atoms with van der Waals surface area (Å²) < 4.78 is 5.05. The minimum absolute atomic E-state index is 0.0314. The van der Waals surface area contributed by atoms with Crippen LogP contribution in [0.25, 0.3) is 0 Å².